The SMILES string of the molecule is Cc1nc(CN2CCC(O)(C(F)(F)F)CC2)cs1. The smallest absolute Gasteiger partial charge is 0.380 e. The lowest BCUT2D eigenvalue weighted by molar-refractivity contribution is -0.272. The van der Waals surface area contributed by atoms with Gasteiger partial charge in [0.05, 0.1) is 10.7 Å². The lowest BCUT2D eigenvalue weighted by atomic mass is 9.91. The van der Waals surface area contributed by atoms with Gasteiger partial charge in [0, 0.05) is 25.0 Å². The second-order valence-electron chi connectivity index (χ2n) is 4.66. The minimum atomic E-state index is -4.53. The van der Waals surface area contributed by atoms with Crippen LogP contribution in [0.2, 0.25) is 0 Å². The van der Waals surface area contributed by atoms with Gasteiger partial charge < -0.3 is 5.11 Å². The number of aromatic nitrogens is 1. The molecule has 0 aromatic carbocycles. The van der Waals surface area contributed by atoms with Gasteiger partial charge in [-0.15, -0.1) is 11.3 Å². The molecule has 0 aliphatic carbocycles. The molecule has 2 heterocycles. The topological polar surface area (TPSA) is 36.4 Å². The van der Waals surface area contributed by atoms with Gasteiger partial charge in [0.25, 0.3) is 0 Å². The van der Waals surface area contributed by atoms with Crippen molar-refractivity contribution in [1.82, 2.24) is 9.88 Å². The number of nitrogens with zero attached hydrogens (tertiary/aromatic N) is 2. The molecule has 1 aliphatic rings. The van der Waals surface area contributed by atoms with Crippen LogP contribution in [-0.4, -0.2) is 39.9 Å². The molecule has 18 heavy (non-hydrogen) atoms. The van der Waals surface area contributed by atoms with Gasteiger partial charge in [0.1, 0.15) is 0 Å². The Kier molecular flexibility index (Phi) is 3.66. The van der Waals surface area contributed by atoms with Crippen LogP contribution in [0, 0.1) is 6.92 Å². The second-order valence-corrected chi connectivity index (χ2v) is 5.73. The van der Waals surface area contributed by atoms with Crippen molar-refractivity contribution in [2.24, 2.45) is 0 Å². The number of hydrogen-bond acceptors (Lipinski definition) is 4. The van der Waals surface area contributed by atoms with Crippen LogP contribution in [0.15, 0.2) is 5.38 Å². The van der Waals surface area contributed by atoms with Gasteiger partial charge >= 0.3 is 6.18 Å². The van der Waals surface area contributed by atoms with Crippen LogP contribution in [0.4, 0.5) is 13.2 Å². The number of piperidine rings is 1. The van der Waals surface area contributed by atoms with Crippen molar-refractivity contribution in [3.63, 3.8) is 0 Å². The molecule has 1 aromatic rings. The first-order chi connectivity index (χ1) is 8.30. The summed E-state index contributed by atoms with van der Waals surface area (Å²) >= 11 is 1.53. The lowest BCUT2D eigenvalue weighted by Gasteiger charge is -2.38. The molecule has 0 amide bonds. The molecule has 3 nitrogen and oxygen atoms in total. The van der Waals surface area contributed by atoms with Crippen molar-refractivity contribution >= 4 is 11.3 Å². The minimum absolute atomic E-state index is 0.243. The fourth-order valence-corrected chi connectivity index (χ4v) is 2.68. The molecule has 102 valence electrons. The van der Waals surface area contributed by atoms with Gasteiger partial charge in [0.2, 0.25) is 0 Å². The highest BCUT2D eigenvalue weighted by Gasteiger charge is 2.54. The highest BCUT2D eigenvalue weighted by atomic mass is 32.1. The Hall–Kier alpha value is -0.660. The summed E-state index contributed by atoms with van der Waals surface area (Å²) < 4.78 is 37.8. The summed E-state index contributed by atoms with van der Waals surface area (Å²) in [5, 5.41) is 12.4. The van der Waals surface area contributed by atoms with Gasteiger partial charge in [0.15, 0.2) is 5.60 Å². The van der Waals surface area contributed by atoms with E-state index in [2.05, 4.69) is 4.98 Å². The van der Waals surface area contributed by atoms with E-state index in [1.807, 2.05) is 17.2 Å². The minimum Gasteiger partial charge on any atom is -0.380 e. The summed E-state index contributed by atoms with van der Waals surface area (Å²) in [6, 6.07) is 0. The van der Waals surface area contributed by atoms with E-state index in [9.17, 15) is 18.3 Å². The number of likely N-dealkylation sites (tertiary alicyclic amines) is 1. The van der Waals surface area contributed by atoms with Crippen LogP contribution in [0.25, 0.3) is 0 Å². The number of aryl methyl sites for hydroxylation is 1. The zero-order valence-corrected chi connectivity index (χ0v) is 10.8. The van der Waals surface area contributed by atoms with Gasteiger partial charge in [-0.1, -0.05) is 0 Å². The van der Waals surface area contributed by atoms with E-state index in [-0.39, 0.29) is 25.9 Å². The van der Waals surface area contributed by atoms with Gasteiger partial charge in [-0.3, -0.25) is 4.90 Å². The predicted molar refractivity (Wildman–Crippen MR) is 62.4 cm³/mol. The maximum Gasteiger partial charge on any atom is 0.417 e. The van der Waals surface area contributed by atoms with Crippen molar-refractivity contribution < 1.29 is 18.3 Å². The van der Waals surface area contributed by atoms with Crippen LogP contribution in [0.5, 0.6) is 0 Å². The van der Waals surface area contributed by atoms with Crippen molar-refractivity contribution in [2.45, 2.75) is 38.1 Å². The highest BCUT2D eigenvalue weighted by Crippen LogP contribution is 2.38. The Morgan fingerprint density at radius 1 is 1.44 bits per heavy atom. The molecular weight excluding hydrogens is 265 g/mol. The molecule has 0 bridgehead atoms. The Morgan fingerprint density at radius 3 is 2.50 bits per heavy atom. The Balaban J connectivity index is 1.91. The zero-order chi connectivity index (χ0) is 13.4. The molecule has 7 heteroatoms. The van der Waals surface area contributed by atoms with Crippen LogP contribution in [-0.2, 0) is 6.54 Å². The Morgan fingerprint density at radius 2 is 2.06 bits per heavy atom. The van der Waals surface area contributed by atoms with Crippen molar-refractivity contribution in [3.05, 3.63) is 16.1 Å². The zero-order valence-electron chi connectivity index (χ0n) is 10.00. The summed E-state index contributed by atoms with van der Waals surface area (Å²) in [5.41, 5.74) is -1.63. The van der Waals surface area contributed by atoms with Crippen molar-refractivity contribution in [2.75, 3.05) is 13.1 Å². The van der Waals surface area contributed by atoms with Crippen LogP contribution < -0.4 is 0 Å². The van der Waals surface area contributed by atoms with E-state index in [0.29, 0.717) is 6.54 Å². The summed E-state index contributed by atoms with van der Waals surface area (Å²) in [6.07, 6.45) is -5.06. The summed E-state index contributed by atoms with van der Waals surface area (Å²) in [5.74, 6) is 0. The third-order valence-corrected chi connectivity index (χ3v) is 4.09. The van der Waals surface area contributed by atoms with Crippen LogP contribution in [0.1, 0.15) is 23.5 Å². The normalized spacial score (nSPS) is 21.2. The lowest BCUT2D eigenvalue weighted by Crippen LogP contribution is -2.53. The predicted octanol–water partition coefficient (Wildman–Crippen LogP) is 2.34. The molecule has 0 spiro atoms. The van der Waals surface area contributed by atoms with Crippen LogP contribution >= 0.6 is 11.3 Å². The number of hydrogen-bond donors (Lipinski definition) is 1. The Bertz CT molecular complexity index is 411. The highest BCUT2D eigenvalue weighted by molar-refractivity contribution is 7.09. The molecule has 1 saturated heterocycles. The van der Waals surface area contributed by atoms with Gasteiger partial charge in [-0.05, 0) is 19.8 Å². The van der Waals surface area contributed by atoms with E-state index in [1.165, 1.54) is 11.3 Å². The summed E-state index contributed by atoms with van der Waals surface area (Å²) in [6.45, 7) is 2.93. The molecule has 0 saturated carbocycles. The van der Waals surface area contributed by atoms with Crippen molar-refractivity contribution in [3.8, 4) is 0 Å². The first-order valence-electron chi connectivity index (χ1n) is 5.73. The monoisotopic (exact) mass is 280 g/mol. The summed E-state index contributed by atoms with van der Waals surface area (Å²) in [7, 11) is 0. The Labute approximate surface area is 107 Å². The van der Waals surface area contributed by atoms with Gasteiger partial charge in [-0.25, -0.2) is 4.98 Å². The first kappa shape index (κ1) is 13.8. The summed E-state index contributed by atoms with van der Waals surface area (Å²) in [4.78, 5) is 6.18. The molecule has 1 aliphatic heterocycles. The second kappa shape index (κ2) is 4.79. The molecule has 0 radical (unpaired) electrons. The molecule has 1 fully saturated rings. The molecule has 0 unspecified atom stereocenters. The van der Waals surface area contributed by atoms with E-state index in [0.717, 1.165) is 10.7 Å². The van der Waals surface area contributed by atoms with E-state index < -0.39 is 11.8 Å². The quantitative estimate of drug-likeness (QED) is 0.903. The number of thiazole rings is 1. The fraction of sp³-hybridized carbons (Fsp3) is 0.727. The first-order valence-corrected chi connectivity index (χ1v) is 6.61. The van der Waals surface area contributed by atoms with E-state index in [1.54, 1.807) is 0 Å². The molecule has 2 rings (SSSR count). The van der Waals surface area contributed by atoms with Crippen LogP contribution in [0.3, 0.4) is 0 Å². The number of halogens is 3. The maximum atomic E-state index is 12.6. The standard InChI is InChI=1S/C11H15F3N2OS/c1-8-15-9(7-18-8)6-16-4-2-10(17,3-5-16)11(12,13)14/h7,17H,2-6H2,1H3. The molecular formula is C11H15F3N2OS. The molecule has 1 aromatic heterocycles. The third-order valence-electron chi connectivity index (χ3n) is 3.26. The van der Waals surface area contributed by atoms with E-state index >= 15 is 0 Å². The maximum absolute atomic E-state index is 12.6. The average molecular weight is 280 g/mol. The number of rotatable bonds is 2. The third kappa shape index (κ3) is 2.84. The number of alkyl halides is 3. The number of aliphatic hydroxyl groups is 1. The van der Waals surface area contributed by atoms with E-state index in [4.69, 9.17) is 0 Å². The van der Waals surface area contributed by atoms with Crippen molar-refractivity contribution in [1.29, 1.82) is 0 Å². The average Bonchev–Trinajstić information content (AvgIpc) is 2.66. The van der Waals surface area contributed by atoms with Gasteiger partial charge in [-0.2, -0.15) is 13.2 Å². The largest absolute Gasteiger partial charge is 0.417 e. The molecule has 0 atom stereocenters. The fourth-order valence-electron chi connectivity index (χ4n) is 2.07. The molecule has 1 N–H and O–H groups in total.